The molecule has 0 aliphatic heterocycles. The van der Waals surface area contributed by atoms with Crippen molar-refractivity contribution in [3.63, 3.8) is 0 Å². The average Bonchev–Trinajstić information content (AvgIpc) is 2.05. The maximum Gasteiger partial charge on any atom is 0.122 e. The lowest BCUT2D eigenvalue weighted by Gasteiger charge is -2.06. The molecule has 12 heavy (non-hydrogen) atoms. The zero-order chi connectivity index (χ0) is 8.97. The van der Waals surface area contributed by atoms with Crippen molar-refractivity contribution in [1.29, 1.82) is 0 Å². The summed E-state index contributed by atoms with van der Waals surface area (Å²) < 4.78 is 6.43. The highest BCUT2D eigenvalue weighted by Gasteiger charge is 2.00. The monoisotopic (exact) mass is 274 g/mol. The lowest BCUT2D eigenvalue weighted by molar-refractivity contribution is 0.410. The van der Waals surface area contributed by atoms with Crippen molar-refractivity contribution in [1.82, 2.24) is 0 Å². The summed E-state index contributed by atoms with van der Waals surface area (Å²) in [4.78, 5) is 0. The summed E-state index contributed by atoms with van der Waals surface area (Å²) in [5, 5.41) is 0. The first-order valence-electron chi connectivity index (χ1n) is 3.71. The van der Waals surface area contributed by atoms with Gasteiger partial charge in [-0.1, -0.05) is 6.08 Å². The number of hydrogen-bond acceptors (Lipinski definition) is 1. The van der Waals surface area contributed by atoms with Crippen molar-refractivity contribution in [2.24, 2.45) is 0 Å². The van der Waals surface area contributed by atoms with Gasteiger partial charge in [0.05, 0.1) is 7.11 Å². The molecule has 0 radical (unpaired) electrons. The lowest BCUT2D eigenvalue weighted by Crippen LogP contribution is -1.90. The van der Waals surface area contributed by atoms with Gasteiger partial charge in [0.25, 0.3) is 0 Å². The van der Waals surface area contributed by atoms with Crippen LogP contribution in [0.5, 0.6) is 5.75 Å². The smallest absolute Gasteiger partial charge is 0.122 e. The van der Waals surface area contributed by atoms with Gasteiger partial charge in [0.1, 0.15) is 5.75 Å². The average molecular weight is 274 g/mol. The van der Waals surface area contributed by atoms with Gasteiger partial charge in [-0.25, -0.2) is 0 Å². The Morgan fingerprint density at radius 1 is 1.58 bits per heavy atom. The maximum atomic E-state index is 5.20. The number of ether oxygens (including phenoxy) is 1. The molecule has 0 unspecified atom stereocenters. The first-order valence-corrected chi connectivity index (χ1v) is 4.79. The molecule has 0 aliphatic carbocycles. The predicted molar refractivity (Wildman–Crippen MR) is 59.6 cm³/mol. The second kappa shape index (κ2) is 4.50. The van der Waals surface area contributed by atoms with E-state index in [1.165, 1.54) is 9.13 Å². The molecular formula is C10H11IO. The highest BCUT2D eigenvalue weighted by atomic mass is 127. The van der Waals surface area contributed by atoms with Crippen LogP contribution in [0, 0.1) is 3.57 Å². The van der Waals surface area contributed by atoms with Gasteiger partial charge in [-0.05, 0) is 52.8 Å². The van der Waals surface area contributed by atoms with Crippen LogP contribution in [-0.2, 0) is 6.42 Å². The van der Waals surface area contributed by atoms with Crippen LogP contribution in [0.25, 0.3) is 0 Å². The summed E-state index contributed by atoms with van der Waals surface area (Å²) in [7, 11) is 1.69. The fraction of sp³-hybridized carbons (Fsp3) is 0.200. The van der Waals surface area contributed by atoms with Gasteiger partial charge in [0.2, 0.25) is 0 Å². The summed E-state index contributed by atoms with van der Waals surface area (Å²) in [6.45, 7) is 3.70. The van der Waals surface area contributed by atoms with E-state index in [1.54, 1.807) is 7.11 Å². The summed E-state index contributed by atoms with van der Waals surface area (Å²) in [5.74, 6) is 0.940. The van der Waals surface area contributed by atoms with Crippen LogP contribution in [0.1, 0.15) is 5.56 Å². The normalized spacial score (nSPS) is 9.50. The summed E-state index contributed by atoms with van der Waals surface area (Å²) in [5.41, 5.74) is 1.19. The van der Waals surface area contributed by atoms with E-state index < -0.39 is 0 Å². The molecule has 0 saturated heterocycles. The summed E-state index contributed by atoms with van der Waals surface area (Å²) in [6.07, 6.45) is 2.74. The molecule has 2 heteroatoms. The third kappa shape index (κ3) is 2.24. The highest BCUT2D eigenvalue weighted by Crippen LogP contribution is 2.21. The minimum absolute atomic E-state index is 0.861. The number of halogens is 1. The molecular weight excluding hydrogens is 263 g/mol. The van der Waals surface area contributed by atoms with E-state index in [-0.39, 0.29) is 0 Å². The third-order valence-corrected chi connectivity index (χ3v) is 2.28. The molecule has 0 atom stereocenters. The molecule has 1 aromatic carbocycles. The molecule has 0 fully saturated rings. The fourth-order valence-corrected chi connectivity index (χ4v) is 1.62. The van der Waals surface area contributed by atoms with Crippen molar-refractivity contribution < 1.29 is 4.74 Å². The number of methoxy groups -OCH3 is 1. The van der Waals surface area contributed by atoms with E-state index in [2.05, 4.69) is 35.2 Å². The number of benzene rings is 1. The summed E-state index contributed by atoms with van der Waals surface area (Å²) in [6, 6.07) is 6.13. The van der Waals surface area contributed by atoms with Crippen LogP contribution in [0.15, 0.2) is 30.9 Å². The van der Waals surface area contributed by atoms with Crippen LogP contribution in [-0.4, -0.2) is 7.11 Å². The summed E-state index contributed by atoms with van der Waals surface area (Å²) >= 11 is 2.29. The van der Waals surface area contributed by atoms with Crippen LogP contribution >= 0.6 is 22.6 Å². The van der Waals surface area contributed by atoms with Gasteiger partial charge in [-0.3, -0.25) is 0 Å². The maximum absolute atomic E-state index is 5.20. The lowest BCUT2D eigenvalue weighted by atomic mass is 10.1. The second-order valence-corrected chi connectivity index (χ2v) is 3.69. The van der Waals surface area contributed by atoms with Crippen molar-refractivity contribution in [2.45, 2.75) is 6.42 Å². The predicted octanol–water partition coefficient (Wildman–Crippen LogP) is 3.03. The topological polar surface area (TPSA) is 9.23 Å². The van der Waals surface area contributed by atoms with Crippen LogP contribution < -0.4 is 4.74 Å². The quantitative estimate of drug-likeness (QED) is 0.608. The van der Waals surface area contributed by atoms with Crippen molar-refractivity contribution in [3.05, 3.63) is 40.0 Å². The zero-order valence-corrected chi connectivity index (χ0v) is 9.17. The molecule has 0 heterocycles. The molecule has 1 nitrogen and oxygen atoms in total. The van der Waals surface area contributed by atoms with Crippen LogP contribution in [0.2, 0.25) is 0 Å². The van der Waals surface area contributed by atoms with Gasteiger partial charge >= 0.3 is 0 Å². The highest BCUT2D eigenvalue weighted by molar-refractivity contribution is 14.1. The first kappa shape index (κ1) is 9.58. The van der Waals surface area contributed by atoms with Crippen LogP contribution in [0.3, 0.4) is 0 Å². The largest absolute Gasteiger partial charge is 0.496 e. The minimum Gasteiger partial charge on any atom is -0.496 e. The van der Waals surface area contributed by atoms with Gasteiger partial charge < -0.3 is 4.74 Å². The number of allylic oxidation sites excluding steroid dienone is 1. The Labute approximate surface area is 86.6 Å². The molecule has 0 aromatic heterocycles. The van der Waals surface area contributed by atoms with Crippen molar-refractivity contribution >= 4 is 22.6 Å². The van der Waals surface area contributed by atoms with Gasteiger partial charge in [0, 0.05) is 3.57 Å². The Bertz CT molecular complexity index is 281. The number of hydrogen-bond donors (Lipinski definition) is 0. The molecule has 1 rings (SSSR count). The molecule has 1 aromatic rings. The van der Waals surface area contributed by atoms with E-state index in [1.807, 2.05) is 18.2 Å². The third-order valence-electron chi connectivity index (χ3n) is 1.61. The fourth-order valence-electron chi connectivity index (χ4n) is 1.06. The van der Waals surface area contributed by atoms with E-state index >= 15 is 0 Å². The Morgan fingerprint density at radius 3 is 2.92 bits per heavy atom. The van der Waals surface area contributed by atoms with Crippen molar-refractivity contribution in [3.8, 4) is 5.75 Å². The SMILES string of the molecule is C=CCc1cc(I)ccc1OC. The van der Waals surface area contributed by atoms with E-state index in [4.69, 9.17) is 4.74 Å². The molecule has 0 aliphatic rings. The Kier molecular flexibility index (Phi) is 3.59. The standard InChI is InChI=1S/C10H11IO/c1-3-4-8-7-9(11)5-6-10(8)12-2/h3,5-7H,1,4H2,2H3. The first-order chi connectivity index (χ1) is 5.77. The second-order valence-electron chi connectivity index (χ2n) is 2.45. The van der Waals surface area contributed by atoms with E-state index in [0.29, 0.717) is 0 Å². The Balaban J connectivity index is 3.03. The Morgan fingerprint density at radius 2 is 2.33 bits per heavy atom. The molecule has 0 spiro atoms. The molecule has 0 amide bonds. The van der Waals surface area contributed by atoms with Gasteiger partial charge in [0.15, 0.2) is 0 Å². The molecule has 0 bridgehead atoms. The van der Waals surface area contributed by atoms with Crippen LogP contribution in [0.4, 0.5) is 0 Å². The van der Waals surface area contributed by atoms with Gasteiger partial charge in [-0.15, -0.1) is 6.58 Å². The molecule has 64 valence electrons. The number of rotatable bonds is 3. The van der Waals surface area contributed by atoms with E-state index in [9.17, 15) is 0 Å². The molecule has 0 saturated carbocycles. The minimum atomic E-state index is 0.861. The van der Waals surface area contributed by atoms with E-state index in [0.717, 1.165) is 12.2 Å². The zero-order valence-electron chi connectivity index (χ0n) is 7.01. The molecule has 0 N–H and O–H groups in total. The Hall–Kier alpha value is -0.510. The van der Waals surface area contributed by atoms with Gasteiger partial charge in [-0.2, -0.15) is 0 Å². The van der Waals surface area contributed by atoms with Crippen molar-refractivity contribution in [2.75, 3.05) is 7.11 Å².